The Morgan fingerprint density at radius 2 is 2.00 bits per heavy atom. The fraction of sp³-hybridized carbons (Fsp3) is 0.368. The van der Waals surface area contributed by atoms with E-state index >= 15 is 0 Å². The standard InChI is InChI=1S/C19H22N4O3S/c1-3-5-11-23-13-10-7-6-9-12(13)16(24)15(18(23)26)17(25)20-19-22-21-14(27-19)8-4-2/h6-7,9-10,24H,3-5,8,11H2,1-2H3,(H,20,22,25). The first-order chi connectivity index (χ1) is 13.1. The molecule has 0 radical (unpaired) electrons. The van der Waals surface area contributed by atoms with Crippen molar-refractivity contribution in [2.24, 2.45) is 0 Å². The number of aromatic hydroxyl groups is 1. The Labute approximate surface area is 160 Å². The third-order valence-electron chi connectivity index (χ3n) is 4.26. The highest BCUT2D eigenvalue weighted by Crippen LogP contribution is 2.27. The molecule has 0 unspecified atom stereocenters. The van der Waals surface area contributed by atoms with Crippen molar-refractivity contribution in [2.45, 2.75) is 46.1 Å². The van der Waals surface area contributed by atoms with Gasteiger partial charge in [0.1, 0.15) is 16.3 Å². The van der Waals surface area contributed by atoms with Crippen LogP contribution in [0.4, 0.5) is 5.13 Å². The molecule has 7 nitrogen and oxygen atoms in total. The molecule has 2 heterocycles. The number of carbonyl (C=O) groups is 1. The van der Waals surface area contributed by atoms with Gasteiger partial charge in [0.25, 0.3) is 11.5 Å². The van der Waals surface area contributed by atoms with Crippen molar-refractivity contribution in [3.8, 4) is 5.75 Å². The van der Waals surface area contributed by atoms with Crippen LogP contribution in [0.25, 0.3) is 10.9 Å². The number of hydrogen-bond acceptors (Lipinski definition) is 6. The van der Waals surface area contributed by atoms with Gasteiger partial charge in [-0.25, -0.2) is 0 Å². The maximum atomic E-state index is 13.0. The van der Waals surface area contributed by atoms with E-state index in [1.54, 1.807) is 28.8 Å². The van der Waals surface area contributed by atoms with Crippen LogP contribution in [-0.4, -0.2) is 25.8 Å². The number of nitrogens with zero attached hydrogens (tertiary/aromatic N) is 3. The quantitative estimate of drug-likeness (QED) is 0.647. The number of fused-ring (bicyclic) bond motifs is 1. The van der Waals surface area contributed by atoms with Crippen LogP contribution in [0, 0.1) is 0 Å². The molecule has 8 heteroatoms. The van der Waals surface area contributed by atoms with Crippen LogP contribution in [-0.2, 0) is 13.0 Å². The fourth-order valence-electron chi connectivity index (χ4n) is 2.91. The molecule has 1 aromatic carbocycles. The van der Waals surface area contributed by atoms with Crippen molar-refractivity contribution < 1.29 is 9.90 Å². The Morgan fingerprint density at radius 1 is 1.22 bits per heavy atom. The summed E-state index contributed by atoms with van der Waals surface area (Å²) in [7, 11) is 0. The van der Waals surface area contributed by atoms with E-state index in [4.69, 9.17) is 0 Å². The number of rotatable bonds is 7. The molecule has 0 saturated carbocycles. The second kappa shape index (κ2) is 8.30. The highest BCUT2D eigenvalue weighted by atomic mass is 32.1. The van der Waals surface area contributed by atoms with Gasteiger partial charge in [0.15, 0.2) is 0 Å². The van der Waals surface area contributed by atoms with Gasteiger partial charge in [0.2, 0.25) is 5.13 Å². The van der Waals surface area contributed by atoms with Crippen LogP contribution in [0.5, 0.6) is 5.75 Å². The molecule has 142 valence electrons. The number of anilines is 1. The van der Waals surface area contributed by atoms with Crippen molar-refractivity contribution in [2.75, 3.05) is 5.32 Å². The smallest absolute Gasteiger partial charge is 0.267 e. The molecular formula is C19H22N4O3S. The van der Waals surface area contributed by atoms with E-state index in [1.165, 1.54) is 11.3 Å². The first-order valence-corrected chi connectivity index (χ1v) is 9.86. The van der Waals surface area contributed by atoms with E-state index in [2.05, 4.69) is 15.5 Å². The van der Waals surface area contributed by atoms with Gasteiger partial charge >= 0.3 is 0 Å². The van der Waals surface area contributed by atoms with Gasteiger partial charge < -0.3 is 9.67 Å². The van der Waals surface area contributed by atoms with E-state index in [0.29, 0.717) is 22.6 Å². The molecule has 0 spiro atoms. The van der Waals surface area contributed by atoms with Gasteiger partial charge in [-0.05, 0) is 25.0 Å². The Balaban J connectivity index is 2.04. The van der Waals surface area contributed by atoms with Crippen LogP contribution >= 0.6 is 11.3 Å². The monoisotopic (exact) mass is 386 g/mol. The Morgan fingerprint density at radius 3 is 2.74 bits per heavy atom. The average Bonchev–Trinajstić information content (AvgIpc) is 3.09. The van der Waals surface area contributed by atoms with Gasteiger partial charge in [0, 0.05) is 18.4 Å². The van der Waals surface area contributed by atoms with E-state index in [9.17, 15) is 14.7 Å². The third-order valence-corrected chi connectivity index (χ3v) is 5.16. The van der Waals surface area contributed by atoms with Crippen LogP contribution in [0.2, 0.25) is 0 Å². The Bertz CT molecular complexity index is 1030. The molecule has 0 aliphatic carbocycles. The van der Waals surface area contributed by atoms with Crippen molar-refractivity contribution >= 4 is 33.3 Å². The number of aryl methyl sites for hydroxylation is 2. The summed E-state index contributed by atoms with van der Waals surface area (Å²) in [6, 6.07) is 7.04. The van der Waals surface area contributed by atoms with E-state index < -0.39 is 11.5 Å². The minimum absolute atomic E-state index is 0.267. The summed E-state index contributed by atoms with van der Waals surface area (Å²) >= 11 is 1.27. The molecule has 0 fully saturated rings. The lowest BCUT2D eigenvalue weighted by Gasteiger charge is -2.14. The second-order valence-corrected chi connectivity index (χ2v) is 7.32. The predicted octanol–water partition coefficient (Wildman–Crippen LogP) is 3.56. The van der Waals surface area contributed by atoms with Crippen LogP contribution < -0.4 is 10.9 Å². The topological polar surface area (TPSA) is 97.1 Å². The summed E-state index contributed by atoms with van der Waals surface area (Å²) in [5.41, 5.74) is -0.154. The molecule has 3 rings (SSSR count). The molecule has 0 bridgehead atoms. The first kappa shape index (κ1) is 19.0. The maximum Gasteiger partial charge on any atom is 0.267 e. The predicted molar refractivity (Wildman–Crippen MR) is 107 cm³/mol. The molecule has 0 atom stereocenters. The van der Waals surface area contributed by atoms with Crippen LogP contribution in [0.3, 0.4) is 0 Å². The van der Waals surface area contributed by atoms with Crippen LogP contribution in [0.1, 0.15) is 48.5 Å². The number of carbonyl (C=O) groups excluding carboxylic acids is 1. The van der Waals surface area contributed by atoms with Gasteiger partial charge in [-0.15, -0.1) is 10.2 Å². The molecule has 2 N–H and O–H groups in total. The summed E-state index contributed by atoms with van der Waals surface area (Å²) < 4.78 is 1.55. The zero-order valence-corrected chi connectivity index (χ0v) is 16.2. The van der Waals surface area contributed by atoms with Crippen molar-refractivity contribution in [3.63, 3.8) is 0 Å². The van der Waals surface area contributed by atoms with Crippen molar-refractivity contribution in [1.82, 2.24) is 14.8 Å². The van der Waals surface area contributed by atoms with Gasteiger partial charge in [-0.2, -0.15) is 0 Å². The highest BCUT2D eigenvalue weighted by molar-refractivity contribution is 7.15. The third kappa shape index (κ3) is 3.85. The molecule has 3 aromatic rings. The minimum atomic E-state index is -0.673. The normalized spacial score (nSPS) is 11.0. The Hall–Kier alpha value is -2.74. The largest absolute Gasteiger partial charge is 0.506 e. The molecule has 0 aliphatic heterocycles. The number of hydrogen-bond donors (Lipinski definition) is 2. The minimum Gasteiger partial charge on any atom is -0.506 e. The van der Waals surface area contributed by atoms with Crippen molar-refractivity contribution in [3.05, 3.63) is 45.2 Å². The molecule has 2 aromatic heterocycles. The van der Waals surface area contributed by atoms with Gasteiger partial charge in [-0.1, -0.05) is 43.7 Å². The lowest BCUT2D eigenvalue weighted by Crippen LogP contribution is -2.30. The summed E-state index contributed by atoms with van der Waals surface area (Å²) in [4.78, 5) is 25.7. The van der Waals surface area contributed by atoms with Crippen LogP contribution in [0.15, 0.2) is 29.1 Å². The molecular weight excluding hydrogens is 364 g/mol. The summed E-state index contributed by atoms with van der Waals surface area (Å²) in [6.45, 7) is 4.55. The molecule has 0 aliphatic rings. The number of nitrogens with one attached hydrogen (secondary N) is 1. The fourth-order valence-corrected chi connectivity index (χ4v) is 3.75. The summed E-state index contributed by atoms with van der Waals surface area (Å²) in [6.07, 6.45) is 3.41. The number of para-hydroxylation sites is 1. The van der Waals surface area contributed by atoms with Crippen molar-refractivity contribution in [1.29, 1.82) is 0 Å². The average molecular weight is 386 g/mol. The summed E-state index contributed by atoms with van der Waals surface area (Å²) in [5, 5.41) is 22.8. The van der Waals surface area contributed by atoms with E-state index in [0.717, 1.165) is 30.7 Å². The van der Waals surface area contributed by atoms with Gasteiger partial charge in [0.05, 0.1) is 5.52 Å². The molecule has 0 saturated heterocycles. The van der Waals surface area contributed by atoms with E-state index in [1.807, 2.05) is 13.8 Å². The lowest BCUT2D eigenvalue weighted by atomic mass is 10.1. The lowest BCUT2D eigenvalue weighted by molar-refractivity contribution is 0.102. The van der Waals surface area contributed by atoms with Gasteiger partial charge in [-0.3, -0.25) is 14.9 Å². The SMILES string of the molecule is CCCCn1c(=O)c(C(=O)Nc2nnc(CCC)s2)c(O)c2ccccc21. The number of benzene rings is 1. The molecule has 1 amide bonds. The zero-order chi connectivity index (χ0) is 19.4. The number of amides is 1. The zero-order valence-electron chi connectivity index (χ0n) is 15.4. The highest BCUT2D eigenvalue weighted by Gasteiger charge is 2.23. The maximum absolute atomic E-state index is 13.0. The summed E-state index contributed by atoms with van der Waals surface area (Å²) in [5.74, 6) is -0.980. The second-order valence-electron chi connectivity index (χ2n) is 6.26. The Kier molecular flexibility index (Phi) is 5.85. The number of pyridine rings is 1. The first-order valence-electron chi connectivity index (χ1n) is 9.05. The van der Waals surface area contributed by atoms with E-state index in [-0.39, 0.29) is 11.3 Å². The molecule has 27 heavy (non-hydrogen) atoms. The number of aromatic nitrogens is 3. The number of unbranched alkanes of at least 4 members (excludes halogenated alkanes) is 1.